The summed E-state index contributed by atoms with van der Waals surface area (Å²) < 4.78 is 137. The van der Waals surface area contributed by atoms with Gasteiger partial charge >= 0.3 is 12.4 Å². The highest BCUT2D eigenvalue weighted by Gasteiger charge is 2.42. The molecule has 0 aliphatic carbocycles. The van der Waals surface area contributed by atoms with E-state index in [4.69, 9.17) is 14.2 Å². The number of hydrogen-bond donors (Lipinski definition) is 2. The molecule has 0 unspecified atom stereocenters. The van der Waals surface area contributed by atoms with Crippen molar-refractivity contribution in [3.63, 3.8) is 0 Å². The Labute approximate surface area is 453 Å². The molecule has 16 heteroatoms. The second-order valence-corrected chi connectivity index (χ2v) is 22.5. The Morgan fingerprint density at radius 2 is 0.873 bits per heavy atom. The van der Waals surface area contributed by atoms with E-state index < -0.39 is 50.2 Å². The number of hydrogen-bond acceptors (Lipinski definition) is 8. The molecule has 79 heavy (non-hydrogen) atoms. The Bertz CT molecular complexity index is 3680. The van der Waals surface area contributed by atoms with Crippen molar-refractivity contribution >= 4 is 21.7 Å². The third kappa shape index (κ3) is 12.7. The fraction of sp³-hybridized carbons (Fsp3) is 0.206. The van der Waals surface area contributed by atoms with Crippen molar-refractivity contribution in [2.75, 3.05) is 0 Å². The van der Waals surface area contributed by atoms with Gasteiger partial charge in [0.2, 0.25) is 0 Å². The molecule has 8 rings (SSSR count). The maximum Gasteiger partial charge on any atom is 0.416 e. The number of carbonyl (C=O) groups is 2. The van der Waals surface area contributed by atoms with Gasteiger partial charge in [-0.3, -0.25) is 14.1 Å². The number of ketones is 2. The molecule has 408 valence electrons. The van der Waals surface area contributed by atoms with Gasteiger partial charge in [0.1, 0.15) is 40.1 Å². The van der Waals surface area contributed by atoms with Crippen molar-refractivity contribution in [1.29, 1.82) is 0 Å². The van der Waals surface area contributed by atoms with Gasteiger partial charge in [0.15, 0.2) is 11.6 Å². The molecule has 8 aromatic rings. The van der Waals surface area contributed by atoms with Crippen LogP contribution in [0, 0.1) is 6.92 Å². The lowest BCUT2D eigenvalue weighted by Crippen LogP contribution is -2.47. The number of benzene rings is 8. The van der Waals surface area contributed by atoms with Crippen LogP contribution in [0.2, 0.25) is 0 Å². The largest absolute Gasteiger partial charge is 0.508 e. The van der Waals surface area contributed by atoms with Crippen LogP contribution in [0.3, 0.4) is 0 Å². The molecule has 0 aliphatic heterocycles. The summed E-state index contributed by atoms with van der Waals surface area (Å²) >= 11 is 0. The topological polar surface area (TPSA) is 136 Å². The van der Waals surface area contributed by atoms with Crippen molar-refractivity contribution in [2.45, 2.75) is 89.1 Å². The summed E-state index contributed by atoms with van der Waals surface area (Å²) in [7, 11) is -4.46. The Morgan fingerprint density at radius 1 is 0.456 bits per heavy atom. The molecule has 9 nitrogen and oxygen atoms in total. The summed E-state index contributed by atoms with van der Waals surface area (Å²) in [6.07, 6.45) is -10.3. The average Bonchev–Trinajstić information content (AvgIpc) is 3.48. The van der Waals surface area contributed by atoms with E-state index in [0.717, 1.165) is 11.1 Å². The second-order valence-electron chi connectivity index (χ2n) is 21.1. The molecule has 0 radical (unpaired) electrons. The first-order valence-electron chi connectivity index (χ1n) is 24.7. The first-order chi connectivity index (χ1) is 36.8. The maximum atomic E-state index is 14.2. The minimum absolute atomic E-state index is 0.0486. The zero-order chi connectivity index (χ0) is 57.6. The van der Waals surface area contributed by atoms with E-state index in [9.17, 15) is 54.0 Å². The van der Waals surface area contributed by atoms with Gasteiger partial charge in [0, 0.05) is 38.8 Å². The molecule has 0 spiro atoms. The average molecular weight is 1100 g/mol. The first-order valence-corrected chi connectivity index (χ1v) is 26.1. The van der Waals surface area contributed by atoms with Gasteiger partial charge in [0.05, 0.1) is 16.0 Å². The van der Waals surface area contributed by atoms with E-state index in [-0.39, 0.29) is 62.1 Å². The second kappa shape index (κ2) is 21.2. The molecule has 0 aromatic heterocycles. The van der Waals surface area contributed by atoms with Crippen LogP contribution in [0.15, 0.2) is 175 Å². The summed E-state index contributed by atoms with van der Waals surface area (Å²) in [4.78, 5) is 26.9. The van der Waals surface area contributed by atoms with E-state index >= 15 is 0 Å². The molecule has 0 aliphatic rings. The summed E-state index contributed by atoms with van der Waals surface area (Å²) in [6.45, 7) is 15.0. The van der Waals surface area contributed by atoms with Gasteiger partial charge in [-0.1, -0.05) is 89.2 Å². The van der Waals surface area contributed by atoms with E-state index in [1.54, 1.807) is 74.5 Å². The Kier molecular flexibility index (Phi) is 15.3. The van der Waals surface area contributed by atoms with E-state index in [1.165, 1.54) is 85.8 Å². The van der Waals surface area contributed by atoms with Gasteiger partial charge < -0.3 is 19.3 Å². The van der Waals surface area contributed by atoms with Crippen LogP contribution in [-0.2, 0) is 33.3 Å². The van der Waals surface area contributed by atoms with Crippen LogP contribution < -0.4 is 14.2 Å². The van der Waals surface area contributed by atoms with Gasteiger partial charge in [-0.05, 0) is 169 Å². The number of carbonyl (C=O) groups excluding carboxylic acids is 2. The van der Waals surface area contributed by atoms with Crippen LogP contribution in [-0.4, -0.2) is 35.2 Å². The summed E-state index contributed by atoms with van der Waals surface area (Å²) in [5, 5.41) is 10.3. The predicted octanol–water partition coefficient (Wildman–Crippen LogP) is 16.8. The number of ether oxygens (including phenoxy) is 3. The zero-order valence-electron chi connectivity index (χ0n) is 44.1. The summed E-state index contributed by atoms with van der Waals surface area (Å²) in [5.74, 6) is 0.159. The third-order valence-corrected chi connectivity index (χ3v) is 15.0. The highest BCUT2D eigenvalue weighted by molar-refractivity contribution is 7.85. The minimum Gasteiger partial charge on any atom is -0.508 e. The molecule has 0 fully saturated rings. The number of phenolic OH excluding ortho intramolecular Hbond substituents is 1. The van der Waals surface area contributed by atoms with Crippen molar-refractivity contribution in [3.8, 4) is 56.8 Å². The van der Waals surface area contributed by atoms with Crippen molar-refractivity contribution in [2.24, 2.45) is 0 Å². The quantitative estimate of drug-likeness (QED) is 0.0584. The summed E-state index contributed by atoms with van der Waals surface area (Å²) in [5.41, 5.74) is -1.31. The Balaban J connectivity index is 1.02. The van der Waals surface area contributed by atoms with Crippen LogP contribution in [0.25, 0.3) is 22.3 Å². The molecule has 2 N–H and O–H groups in total. The smallest absolute Gasteiger partial charge is 0.416 e. The number of aryl methyl sites for hydroxylation is 1. The molecule has 0 amide bonds. The number of phenols is 1. The molecular weight excluding hydrogens is 1050 g/mol. The van der Waals surface area contributed by atoms with Gasteiger partial charge in [-0.2, -0.15) is 34.8 Å². The molecule has 0 saturated carbocycles. The summed E-state index contributed by atoms with van der Waals surface area (Å²) in [6, 6.07) is 40.5. The van der Waals surface area contributed by atoms with Crippen LogP contribution in [0.1, 0.15) is 108 Å². The third-order valence-electron chi connectivity index (χ3n) is 14.0. The van der Waals surface area contributed by atoms with Gasteiger partial charge in [-0.15, -0.1) is 0 Å². The minimum atomic E-state index is -5.14. The monoisotopic (exact) mass is 1100 g/mol. The molecule has 0 saturated heterocycles. The standard InChI is InChI=1S/C63H54F6O9S/c1-37-31-42(17-30-56(37)79(73,74)75)52-35-48(70)22-28-54(52)76-49-23-13-41(14-24-49)58(72)39-11-20-45(21-12-39)60(5,6)61(7,8)78-51-27-29-55(53(36-51)43-32-46(62(64,65)66)34-47(33-43)63(67,68)69)77-50-25-15-40(16-26-50)57(71)38-9-18-44(19-10-38)59(2,3)4/h9-36,70H,1-8H3,(H,73,74,75). The van der Waals surface area contributed by atoms with Gasteiger partial charge in [-0.25, -0.2) is 0 Å². The van der Waals surface area contributed by atoms with E-state index in [1.807, 2.05) is 26.0 Å². The molecule has 0 bridgehead atoms. The molecular formula is C63H54F6O9S. The zero-order valence-corrected chi connectivity index (χ0v) is 44.9. The number of aromatic hydroxyl groups is 1. The number of alkyl halides is 6. The van der Waals surface area contributed by atoms with E-state index in [0.29, 0.717) is 57.0 Å². The highest BCUT2D eigenvalue weighted by atomic mass is 32.2. The number of rotatable bonds is 15. The maximum absolute atomic E-state index is 14.2. The Hall–Kier alpha value is -8.21. The molecule has 8 aromatic carbocycles. The lowest BCUT2D eigenvalue weighted by Gasteiger charge is -2.42. The SMILES string of the molecule is Cc1cc(-c2cc(O)ccc2Oc2ccc(C(=O)c3ccc(C(C)(C)C(C)(C)Oc4ccc(Oc5ccc(C(=O)c6ccc(C(C)(C)C)cc6)cc5)c(-c5cc(C(F)(F)F)cc(C(F)(F)F)c5)c4)cc3)cc2)ccc1S(=O)(=O)O. The molecule has 0 heterocycles. The van der Waals surface area contributed by atoms with Gasteiger partial charge in [0.25, 0.3) is 10.1 Å². The Morgan fingerprint density at radius 3 is 1.30 bits per heavy atom. The fourth-order valence-electron chi connectivity index (χ4n) is 8.80. The normalized spacial score (nSPS) is 12.5. The van der Waals surface area contributed by atoms with Crippen molar-refractivity contribution < 1.29 is 68.2 Å². The van der Waals surface area contributed by atoms with Crippen molar-refractivity contribution in [1.82, 2.24) is 0 Å². The lowest BCUT2D eigenvalue weighted by atomic mass is 9.71. The first kappa shape index (κ1) is 57.0. The van der Waals surface area contributed by atoms with E-state index in [2.05, 4.69) is 20.8 Å². The van der Waals surface area contributed by atoms with Crippen LogP contribution in [0.5, 0.6) is 34.5 Å². The lowest BCUT2D eigenvalue weighted by molar-refractivity contribution is -0.143. The van der Waals surface area contributed by atoms with Crippen LogP contribution in [0.4, 0.5) is 26.3 Å². The number of halogens is 6. The van der Waals surface area contributed by atoms with Crippen LogP contribution >= 0.6 is 0 Å². The highest BCUT2D eigenvalue weighted by Crippen LogP contribution is 2.45. The fourth-order valence-corrected chi connectivity index (χ4v) is 9.51. The molecule has 0 atom stereocenters. The van der Waals surface area contributed by atoms with Crippen molar-refractivity contribution in [3.05, 3.63) is 220 Å². The predicted molar refractivity (Wildman–Crippen MR) is 289 cm³/mol.